The number of alkyl carbamates (subject to hydrolysis) is 1. The van der Waals surface area contributed by atoms with Crippen LogP contribution >= 0.6 is 0 Å². The van der Waals surface area contributed by atoms with Gasteiger partial charge in [0.15, 0.2) is 0 Å². The second kappa shape index (κ2) is 20.3. The topological polar surface area (TPSA) is 133 Å². The highest BCUT2D eigenvalue weighted by Crippen LogP contribution is 2.45. The lowest BCUT2D eigenvalue weighted by molar-refractivity contribution is -0.148. The molecule has 0 spiro atoms. The Balaban J connectivity index is 1.12. The summed E-state index contributed by atoms with van der Waals surface area (Å²) in [5.74, 6) is -0.231. The van der Waals surface area contributed by atoms with E-state index in [9.17, 15) is 14.4 Å². The summed E-state index contributed by atoms with van der Waals surface area (Å²) in [6.45, 7) is 2.30. The van der Waals surface area contributed by atoms with Gasteiger partial charge in [-0.05, 0) is 69.6 Å². The highest BCUT2D eigenvalue weighted by atomic mass is 16.5. The number of ether oxygens (including phenoxy) is 5. The van der Waals surface area contributed by atoms with Crippen LogP contribution in [0.1, 0.15) is 53.0 Å². The Morgan fingerprint density at radius 1 is 0.638 bits per heavy atom. The lowest BCUT2D eigenvalue weighted by Gasteiger charge is -2.37. The third-order valence-corrected chi connectivity index (χ3v) is 10.4. The number of rotatable bonds is 21. The van der Waals surface area contributed by atoms with Crippen molar-refractivity contribution in [1.29, 1.82) is 0 Å². The molecule has 1 aliphatic rings. The SMILES string of the molecule is COc1ccc(C(OCCN(CCCNC(=O)OCC2c3ccccc3-c3ccccc32)CCOC(=O)CCC(=O)O)(c2ccccc2)c2ccc(OC)cc2)cc1. The summed E-state index contributed by atoms with van der Waals surface area (Å²) in [4.78, 5) is 38.2. The fraction of sp³-hybridized carbons (Fsp3) is 0.298. The van der Waals surface area contributed by atoms with Crippen molar-refractivity contribution in [2.45, 2.75) is 30.8 Å². The molecule has 0 unspecified atom stereocenters. The van der Waals surface area contributed by atoms with E-state index < -0.39 is 23.6 Å². The van der Waals surface area contributed by atoms with E-state index in [2.05, 4.69) is 34.5 Å². The number of nitrogens with one attached hydrogen (secondary N) is 1. The Kier molecular flexibility index (Phi) is 14.5. The minimum absolute atomic E-state index is 0.0364. The van der Waals surface area contributed by atoms with E-state index in [4.69, 9.17) is 28.8 Å². The van der Waals surface area contributed by atoms with Gasteiger partial charge in [0.05, 0.1) is 33.7 Å². The number of carboxylic acids is 1. The first-order valence-corrected chi connectivity index (χ1v) is 19.5. The number of aliphatic carboxylic acids is 1. The van der Waals surface area contributed by atoms with E-state index in [1.807, 2.05) is 103 Å². The fourth-order valence-electron chi connectivity index (χ4n) is 7.45. The number of benzene rings is 5. The molecule has 0 aromatic heterocycles. The molecule has 6 rings (SSSR count). The monoisotopic (exact) mass is 786 g/mol. The Morgan fingerprint density at radius 3 is 1.74 bits per heavy atom. The van der Waals surface area contributed by atoms with Gasteiger partial charge in [0.25, 0.3) is 0 Å². The molecule has 0 heterocycles. The van der Waals surface area contributed by atoms with Crippen molar-refractivity contribution >= 4 is 18.0 Å². The normalized spacial score (nSPS) is 12.1. The molecule has 58 heavy (non-hydrogen) atoms. The molecule has 5 aromatic carbocycles. The molecule has 0 radical (unpaired) electrons. The number of fused-ring (bicyclic) bond motifs is 3. The first-order chi connectivity index (χ1) is 28.3. The van der Waals surface area contributed by atoms with Crippen molar-refractivity contribution in [1.82, 2.24) is 10.2 Å². The number of esters is 1. The Labute approximate surface area is 339 Å². The average Bonchev–Trinajstić information content (AvgIpc) is 3.58. The van der Waals surface area contributed by atoms with Crippen LogP contribution in [0.5, 0.6) is 11.5 Å². The van der Waals surface area contributed by atoms with E-state index >= 15 is 0 Å². The number of carboxylic acid groups (broad SMARTS) is 1. The van der Waals surface area contributed by atoms with Gasteiger partial charge >= 0.3 is 18.0 Å². The molecule has 11 nitrogen and oxygen atoms in total. The van der Waals surface area contributed by atoms with Gasteiger partial charge in [-0.25, -0.2) is 4.79 Å². The highest BCUT2D eigenvalue weighted by molar-refractivity contribution is 5.79. The highest BCUT2D eigenvalue weighted by Gasteiger charge is 2.38. The van der Waals surface area contributed by atoms with E-state index in [0.717, 1.165) is 50.4 Å². The second-order valence-corrected chi connectivity index (χ2v) is 13.9. The van der Waals surface area contributed by atoms with Gasteiger partial charge in [-0.1, -0.05) is 103 Å². The Morgan fingerprint density at radius 2 is 1.17 bits per heavy atom. The molecule has 2 N–H and O–H groups in total. The number of amides is 1. The maximum Gasteiger partial charge on any atom is 0.407 e. The summed E-state index contributed by atoms with van der Waals surface area (Å²) in [6.07, 6.45) is -0.407. The zero-order valence-electron chi connectivity index (χ0n) is 32.9. The zero-order valence-corrected chi connectivity index (χ0v) is 32.9. The number of hydrogen-bond donors (Lipinski definition) is 2. The number of carbonyl (C=O) groups excluding carboxylic acids is 2. The molecule has 0 saturated carbocycles. The standard InChI is InChI=1S/C47H50N2O9/c1-54-37-21-17-35(18-22-37)47(34-11-4-3-5-12-34,36-19-23-38(55-2)24-20-36)58-32-30-49(29-31-56-45(52)26-25-44(50)51)28-10-27-48-46(53)57-33-43-41-15-8-6-13-39(41)40-14-7-9-16-42(40)43/h3-9,11-24,43H,10,25-33H2,1-2H3,(H,48,53)(H,50,51). The van der Waals surface area contributed by atoms with Gasteiger partial charge in [-0.2, -0.15) is 0 Å². The molecule has 0 atom stereocenters. The van der Waals surface area contributed by atoms with Crippen molar-refractivity contribution in [2.24, 2.45) is 0 Å². The molecule has 0 aliphatic heterocycles. The summed E-state index contributed by atoms with van der Waals surface area (Å²) in [7, 11) is 3.26. The molecule has 1 aliphatic carbocycles. The van der Waals surface area contributed by atoms with Gasteiger partial charge in [-0.3, -0.25) is 14.5 Å². The van der Waals surface area contributed by atoms with Crippen LogP contribution in [0, 0.1) is 0 Å². The molecule has 302 valence electrons. The Hall–Kier alpha value is -6.17. The van der Waals surface area contributed by atoms with E-state index in [1.54, 1.807) is 14.2 Å². The summed E-state index contributed by atoms with van der Waals surface area (Å²) in [5, 5.41) is 11.9. The predicted molar refractivity (Wildman–Crippen MR) is 220 cm³/mol. The fourth-order valence-corrected chi connectivity index (χ4v) is 7.45. The Bertz CT molecular complexity index is 2010. The predicted octanol–water partition coefficient (Wildman–Crippen LogP) is 7.65. The number of carbonyl (C=O) groups is 3. The van der Waals surface area contributed by atoms with Crippen molar-refractivity contribution < 1.29 is 43.2 Å². The maximum absolute atomic E-state index is 12.9. The van der Waals surface area contributed by atoms with Crippen LogP contribution in [0.3, 0.4) is 0 Å². The average molecular weight is 787 g/mol. The molecule has 0 saturated heterocycles. The van der Waals surface area contributed by atoms with Crippen LogP contribution in [-0.2, 0) is 29.4 Å². The van der Waals surface area contributed by atoms with Crippen LogP contribution in [0.2, 0.25) is 0 Å². The number of nitrogens with zero attached hydrogens (tertiary/aromatic N) is 1. The van der Waals surface area contributed by atoms with Crippen LogP contribution in [-0.4, -0.2) is 88.3 Å². The number of methoxy groups -OCH3 is 2. The minimum Gasteiger partial charge on any atom is -0.497 e. The lowest BCUT2D eigenvalue weighted by atomic mass is 9.80. The summed E-state index contributed by atoms with van der Waals surface area (Å²) in [5.41, 5.74) is 6.33. The summed E-state index contributed by atoms with van der Waals surface area (Å²) >= 11 is 0. The molecule has 1 amide bonds. The van der Waals surface area contributed by atoms with Crippen LogP contribution < -0.4 is 14.8 Å². The van der Waals surface area contributed by atoms with Crippen molar-refractivity contribution in [3.8, 4) is 22.6 Å². The molecule has 0 bridgehead atoms. The van der Waals surface area contributed by atoms with E-state index in [0.29, 0.717) is 32.6 Å². The lowest BCUT2D eigenvalue weighted by Crippen LogP contribution is -2.38. The summed E-state index contributed by atoms with van der Waals surface area (Å²) in [6, 6.07) is 42.1. The molecule has 5 aromatic rings. The van der Waals surface area contributed by atoms with E-state index in [-0.39, 0.29) is 38.6 Å². The van der Waals surface area contributed by atoms with Crippen molar-refractivity contribution in [3.63, 3.8) is 0 Å². The van der Waals surface area contributed by atoms with Gasteiger partial charge in [0, 0.05) is 32.1 Å². The smallest absolute Gasteiger partial charge is 0.407 e. The van der Waals surface area contributed by atoms with Crippen LogP contribution in [0.25, 0.3) is 11.1 Å². The van der Waals surface area contributed by atoms with E-state index in [1.165, 1.54) is 0 Å². The molecule has 11 heteroatoms. The van der Waals surface area contributed by atoms with Crippen molar-refractivity contribution in [2.75, 3.05) is 60.2 Å². The minimum atomic E-state index is -1.06. The van der Waals surface area contributed by atoms with Gasteiger partial charge < -0.3 is 34.1 Å². The first-order valence-electron chi connectivity index (χ1n) is 19.5. The number of hydrogen-bond acceptors (Lipinski definition) is 9. The van der Waals surface area contributed by atoms with Gasteiger partial charge in [0.1, 0.15) is 30.3 Å². The third kappa shape index (κ3) is 10.2. The zero-order chi connectivity index (χ0) is 40.7. The van der Waals surface area contributed by atoms with Gasteiger partial charge in [-0.15, -0.1) is 0 Å². The second-order valence-electron chi connectivity index (χ2n) is 13.9. The molecular weight excluding hydrogens is 737 g/mol. The van der Waals surface area contributed by atoms with Gasteiger partial charge in [0.2, 0.25) is 0 Å². The third-order valence-electron chi connectivity index (χ3n) is 10.4. The van der Waals surface area contributed by atoms with Crippen molar-refractivity contribution in [3.05, 3.63) is 155 Å². The first kappa shape index (κ1) is 41.5. The van der Waals surface area contributed by atoms with Crippen LogP contribution in [0.15, 0.2) is 127 Å². The largest absolute Gasteiger partial charge is 0.497 e. The molecule has 0 fully saturated rings. The summed E-state index contributed by atoms with van der Waals surface area (Å²) < 4.78 is 29.1. The maximum atomic E-state index is 12.9. The molecular formula is C47H50N2O9. The van der Waals surface area contributed by atoms with Crippen LogP contribution in [0.4, 0.5) is 4.79 Å². The quantitative estimate of drug-likeness (QED) is 0.0434.